The second-order valence-electron chi connectivity index (χ2n) is 0.699. The van der Waals surface area contributed by atoms with Crippen LogP contribution in [-0.4, -0.2) is 23.4 Å². The minimum atomic E-state index is -0.125. The predicted molar refractivity (Wildman–Crippen MR) is 35.0 cm³/mol. The van der Waals surface area contributed by atoms with E-state index in [0.29, 0.717) is 0 Å². The number of aliphatic hydroxyl groups is 2. The van der Waals surface area contributed by atoms with Crippen molar-refractivity contribution in [2.75, 3.05) is 13.2 Å². The van der Waals surface area contributed by atoms with Crippen LogP contribution in [0, 0.1) is 0 Å². The standard InChI is InChI=1S/C2H2Cl2.C2H6O2/c2*3-1-2-4/h1-2H;3-4H,1-2H2/b2-1+;. The minimum absolute atomic E-state index is 0.125. The Morgan fingerprint density at radius 1 is 1.00 bits per heavy atom. The van der Waals surface area contributed by atoms with E-state index in [9.17, 15) is 0 Å². The molecule has 0 atom stereocenters. The zero-order valence-corrected chi connectivity index (χ0v) is 5.73. The number of aliphatic hydroxyl groups excluding tert-OH is 2. The molecule has 0 saturated heterocycles. The Balaban J connectivity index is 0. The molecule has 0 aliphatic rings. The van der Waals surface area contributed by atoms with E-state index in [1.54, 1.807) is 0 Å². The molecule has 0 heterocycles. The molecule has 0 bridgehead atoms. The van der Waals surface area contributed by atoms with Gasteiger partial charge in [-0.05, 0) is 0 Å². The molecule has 0 amide bonds. The molecule has 0 spiro atoms. The lowest BCUT2D eigenvalue weighted by Crippen LogP contribution is -1.85. The van der Waals surface area contributed by atoms with Crippen LogP contribution in [0.25, 0.3) is 0 Å². The molecule has 4 heteroatoms. The highest BCUT2D eigenvalue weighted by atomic mass is 35.5. The molecule has 0 unspecified atom stereocenters. The normalized spacial score (nSPS) is 8.50. The van der Waals surface area contributed by atoms with Crippen molar-refractivity contribution in [3.63, 3.8) is 0 Å². The Bertz CT molecular complexity index is 41.3. The molecule has 2 N–H and O–H groups in total. The van der Waals surface area contributed by atoms with E-state index in [2.05, 4.69) is 0 Å². The van der Waals surface area contributed by atoms with Gasteiger partial charge in [0.15, 0.2) is 0 Å². The molecule has 0 aliphatic carbocycles. The number of hydrogen-bond donors (Lipinski definition) is 2. The fourth-order valence-corrected chi connectivity index (χ4v) is 0. The van der Waals surface area contributed by atoms with Crippen LogP contribution < -0.4 is 0 Å². The highest BCUT2D eigenvalue weighted by molar-refractivity contribution is 6.33. The van der Waals surface area contributed by atoms with Gasteiger partial charge in [0, 0.05) is 11.1 Å². The first-order valence-electron chi connectivity index (χ1n) is 1.90. The first-order chi connectivity index (χ1) is 3.83. The van der Waals surface area contributed by atoms with E-state index in [1.807, 2.05) is 0 Å². The summed E-state index contributed by atoms with van der Waals surface area (Å²) < 4.78 is 0. The van der Waals surface area contributed by atoms with Crippen molar-refractivity contribution in [3.05, 3.63) is 11.1 Å². The van der Waals surface area contributed by atoms with E-state index >= 15 is 0 Å². The summed E-state index contributed by atoms with van der Waals surface area (Å²) in [5.41, 5.74) is 2.48. The Labute approximate surface area is 58.3 Å². The lowest BCUT2D eigenvalue weighted by atomic mass is 10.8. The lowest BCUT2D eigenvalue weighted by Gasteiger charge is -1.70. The van der Waals surface area contributed by atoms with Crippen LogP contribution in [-0.2, 0) is 0 Å². The van der Waals surface area contributed by atoms with Crippen LogP contribution in [0.1, 0.15) is 0 Å². The topological polar surface area (TPSA) is 40.5 Å². The highest BCUT2D eigenvalue weighted by Crippen LogP contribution is 1.78. The molecule has 0 aromatic carbocycles. The minimum Gasteiger partial charge on any atom is -0.394 e. The van der Waals surface area contributed by atoms with E-state index in [0.717, 1.165) is 0 Å². The van der Waals surface area contributed by atoms with E-state index in [1.165, 1.54) is 11.1 Å². The molecule has 0 saturated carbocycles. The second kappa shape index (κ2) is 15.7. The van der Waals surface area contributed by atoms with Gasteiger partial charge in [-0.25, -0.2) is 0 Å². The van der Waals surface area contributed by atoms with Gasteiger partial charge in [0.2, 0.25) is 0 Å². The maximum absolute atomic E-state index is 7.62. The van der Waals surface area contributed by atoms with Gasteiger partial charge < -0.3 is 10.2 Å². The van der Waals surface area contributed by atoms with Gasteiger partial charge in [-0.15, -0.1) is 0 Å². The third-order valence-corrected chi connectivity index (χ3v) is 0.529. The average Bonchev–Trinajstić information content (AvgIpc) is 1.88. The monoisotopic (exact) mass is 158 g/mol. The summed E-state index contributed by atoms with van der Waals surface area (Å²) in [7, 11) is 0. The number of halogens is 2. The smallest absolute Gasteiger partial charge is 0.0662 e. The van der Waals surface area contributed by atoms with Crippen molar-refractivity contribution in [3.8, 4) is 0 Å². The quantitative estimate of drug-likeness (QED) is 0.596. The van der Waals surface area contributed by atoms with Crippen molar-refractivity contribution in [2.24, 2.45) is 0 Å². The summed E-state index contributed by atoms with van der Waals surface area (Å²) in [6.07, 6.45) is 0. The van der Waals surface area contributed by atoms with Crippen LogP contribution in [0.4, 0.5) is 0 Å². The lowest BCUT2D eigenvalue weighted by molar-refractivity contribution is 0.186. The summed E-state index contributed by atoms with van der Waals surface area (Å²) in [6, 6.07) is 0. The van der Waals surface area contributed by atoms with Gasteiger partial charge in [-0.3, -0.25) is 0 Å². The van der Waals surface area contributed by atoms with Gasteiger partial charge in [0.25, 0.3) is 0 Å². The molecule has 0 fully saturated rings. The van der Waals surface area contributed by atoms with Gasteiger partial charge in [-0.1, -0.05) is 23.2 Å². The molecule has 0 rings (SSSR count). The van der Waals surface area contributed by atoms with Gasteiger partial charge in [-0.2, -0.15) is 0 Å². The van der Waals surface area contributed by atoms with Crippen molar-refractivity contribution in [2.45, 2.75) is 0 Å². The second-order valence-corrected chi connectivity index (χ2v) is 1.20. The van der Waals surface area contributed by atoms with E-state index in [4.69, 9.17) is 33.4 Å². The van der Waals surface area contributed by atoms with Crippen LogP contribution in [0.3, 0.4) is 0 Å². The molecule has 0 radical (unpaired) electrons. The Morgan fingerprint density at radius 3 is 1.25 bits per heavy atom. The van der Waals surface area contributed by atoms with Crippen molar-refractivity contribution < 1.29 is 10.2 Å². The van der Waals surface area contributed by atoms with Gasteiger partial charge in [0.1, 0.15) is 0 Å². The van der Waals surface area contributed by atoms with Crippen molar-refractivity contribution in [1.82, 2.24) is 0 Å². The summed E-state index contributed by atoms with van der Waals surface area (Å²) in [6.45, 7) is -0.250. The third-order valence-electron chi connectivity index (χ3n) is 0.148. The summed E-state index contributed by atoms with van der Waals surface area (Å²) in [5, 5.41) is 15.2. The fraction of sp³-hybridized carbons (Fsp3) is 0.500. The maximum Gasteiger partial charge on any atom is 0.0662 e. The Kier molecular flexibility index (Phi) is 21.7. The molecular formula is C4H8Cl2O2. The first-order valence-corrected chi connectivity index (χ1v) is 2.78. The highest BCUT2D eigenvalue weighted by Gasteiger charge is 1.58. The largest absolute Gasteiger partial charge is 0.394 e. The van der Waals surface area contributed by atoms with E-state index < -0.39 is 0 Å². The molecule has 2 nitrogen and oxygen atoms in total. The summed E-state index contributed by atoms with van der Waals surface area (Å²) in [4.78, 5) is 0. The molecular weight excluding hydrogens is 151 g/mol. The van der Waals surface area contributed by atoms with Gasteiger partial charge >= 0.3 is 0 Å². The van der Waals surface area contributed by atoms with Crippen LogP contribution in [0.5, 0.6) is 0 Å². The van der Waals surface area contributed by atoms with Crippen LogP contribution in [0.2, 0.25) is 0 Å². The van der Waals surface area contributed by atoms with Crippen molar-refractivity contribution >= 4 is 23.2 Å². The maximum atomic E-state index is 7.62. The summed E-state index contributed by atoms with van der Waals surface area (Å²) >= 11 is 9.75. The van der Waals surface area contributed by atoms with E-state index in [-0.39, 0.29) is 13.2 Å². The summed E-state index contributed by atoms with van der Waals surface area (Å²) in [5.74, 6) is 0. The predicted octanol–water partition coefficient (Wildman–Crippen LogP) is 0.906. The first kappa shape index (κ1) is 11.1. The van der Waals surface area contributed by atoms with Crippen LogP contribution >= 0.6 is 23.2 Å². The molecule has 0 aromatic rings. The van der Waals surface area contributed by atoms with Crippen molar-refractivity contribution in [1.29, 1.82) is 0 Å². The Hall–Kier alpha value is 0.240. The molecule has 0 aromatic heterocycles. The zero-order chi connectivity index (χ0) is 6.83. The van der Waals surface area contributed by atoms with Crippen LogP contribution in [0.15, 0.2) is 11.1 Å². The molecule has 8 heavy (non-hydrogen) atoms. The fourth-order valence-electron chi connectivity index (χ4n) is 0. The number of hydrogen-bond acceptors (Lipinski definition) is 2. The number of rotatable bonds is 1. The SMILES string of the molecule is Cl/C=C/Cl.OCCO. The molecule has 0 aliphatic heterocycles. The Morgan fingerprint density at radius 2 is 1.25 bits per heavy atom. The third kappa shape index (κ3) is 34.1. The van der Waals surface area contributed by atoms with Gasteiger partial charge in [0.05, 0.1) is 13.2 Å². The average molecular weight is 159 g/mol. The molecule has 50 valence electrons. The zero-order valence-electron chi connectivity index (χ0n) is 4.22.